The van der Waals surface area contributed by atoms with Crippen molar-refractivity contribution in [1.82, 2.24) is 9.78 Å². The van der Waals surface area contributed by atoms with E-state index in [0.717, 1.165) is 5.56 Å². The summed E-state index contributed by atoms with van der Waals surface area (Å²) in [6.45, 7) is 6.09. The van der Waals surface area contributed by atoms with Gasteiger partial charge in [0.25, 0.3) is 5.91 Å². The van der Waals surface area contributed by atoms with Gasteiger partial charge in [-0.1, -0.05) is 29.8 Å². The summed E-state index contributed by atoms with van der Waals surface area (Å²) in [6, 6.07) is 14.7. The number of nitriles is 1. The van der Waals surface area contributed by atoms with Crippen LogP contribution in [0.3, 0.4) is 0 Å². The van der Waals surface area contributed by atoms with Crippen LogP contribution in [0.4, 0.5) is 0 Å². The minimum absolute atomic E-state index is 0.0460. The van der Waals surface area contributed by atoms with Gasteiger partial charge < -0.3 is 9.47 Å². The summed E-state index contributed by atoms with van der Waals surface area (Å²) in [6.07, 6.45) is 1.50. The van der Waals surface area contributed by atoms with Gasteiger partial charge in [0.2, 0.25) is 0 Å². The molecule has 8 heteroatoms. The highest BCUT2D eigenvalue weighted by atomic mass is 79.9. The average molecular weight is 515 g/mol. The van der Waals surface area contributed by atoms with Crippen molar-refractivity contribution in [2.24, 2.45) is 0 Å². The van der Waals surface area contributed by atoms with Crippen molar-refractivity contribution in [3.8, 4) is 17.6 Å². The van der Waals surface area contributed by atoms with E-state index in [1.165, 1.54) is 10.8 Å². The normalized spacial score (nSPS) is 11.2. The Morgan fingerprint density at radius 3 is 2.62 bits per heavy atom. The minimum atomic E-state index is -0.494. The van der Waals surface area contributed by atoms with Gasteiger partial charge >= 0.3 is 0 Å². The molecule has 0 saturated heterocycles. The Bertz CT molecular complexity index is 1230. The number of hydrogen-bond acceptors (Lipinski definition) is 5. The smallest absolute Gasteiger partial charge is 0.289 e. The highest BCUT2D eigenvalue weighted by molar-refractivity contribution is 9.10. The molecule has 2 aromatic carbocycles. The molecule has 32 heavy (non-hydrogen) atoms. The van der Waals surface area contributed by atoms with Crippen molar-refractivity contribution in [2.75, 3.05) is 6.61 Å². The Balaban J connectivity index is 1.93. The first-order valence-electron chi connectivity index (χ1n) is 9.86. The van der Waals surface area contributed by atoms with Crippen molar-refractivity contribution < 1.29 is 14.3 Å². The van der Waals surface area contributed by atoms with Crippen LogP contribution in [0.1, 0.15) is 34.2 Å². The lowest BCUT2D eigenvalue weighted by molar-refractivity contribution is 0.0943. The van der Waals surface area contributed by atoms with E-state index in [2.05, 4.69) is 21.0 Å². The fraction of sp³-hybridized carbons (Fsp3) is 0.208. The summed E-state index contributed by atoms with van der Waals surface area (Å²) in [5.74, 6) is 0.495. The van der Waals surface area contributed by atoms with Gasteiger partial charge in [0.15, 0.2) is 11.5 Å². The Morgan fingerprint density at radius 1 is 1.25 bits per heavy atom. The van der Waals surface area contributed by atoms with E-state index in [0.29, 0.717) is 44.6 Å². The van der Waals surface area contributed by atoms with E-state index in [-0.39, 0.29) is 12.2 Å². The molecule has 0 N–H and O–H groups in total. The van der Waals surface area contributed by atoms with Gasteiger partial charge in [-0.15, -0.1) is 0 Å². The van der Waals surface area contributed by atoms with Crippen LogP contribution in [0.15, 0.2) is 52.5 Å². The predicted octanol–water partition coefficient (Wildman–Crippen LogP) is 6.14. The van der Waals surface area contributed by atoms with E-state index < -0.39 is 5.91 Å². The maximum absolute atomic E-state index is 12.8. The second-order valence-electron chi connectivity index (χ2n) is 6.96. The molecule has 0 spiro atoms. The zero-order valence-electron chi connectivity index (χ0n) is 17.9. The number of hydrogen-bond donors (Lipinski definition) is 0. The fourth-order valence-corrected chi connectivity index (χ4v) is 3.86. The summed E-state index contributed by atoms with van der Waals surface area (Å²) in [5.41, 5.74) is 2.77. The van der Waals surface area contributed by atoms with E-state index in [1.54, 1.807) is 38.1 Å². The Morgan fingerprint density at radius 2 is 2.00 bits per heavy atom. The first-order valence-corrected chi connectivity index (χ1v) is 11.0. The first kappa shape index (κ1) is 23.6. The summed E-state index contributed by atoms with van der Waals surface area (Å²) in [4.78, 5) is 12.8. The number of carbonyl (C=O) groups is 1. The van der Waals surface area contributed by atoms with E-state index in [9.17, 15) is 10.1 Å². The molecule has 0 fully saturated rings. The Hall–Kier alpha value is -3.08. The van der Waals surface area contributed by atoms with Crippen molar-refractivity contribution in [3.63, 3.8) is 0 Å². The van der Waals surface area contributed by atoms with Gasteiger partial charge in [0.05, 0.1) is 16.8 Å². The first-order chi connectivity index (χ1) is 15.3. The number of carbonyl (C=O) groups excluding carboxylic acids is 1. The third kappa shape index (κ3) is 5.39. The molecule has 0 amide bonds. The molecule has 1 heterocycles. The largest absolute Gasteiger partial charge is 0.490 e. The predicted molar refractivity (Wildman–Crippen MR) is 127 cm³/mol. The molecule has 0 aliphatic heterocycles. The Labute approximate surface area is 200 Å². The quantitative estimate of drug-likeness (QED) is 0.279. The van der Waals surface area contributed by atoms with Crippen molar-refractivity contribution in [3.05, 3.63) is 80.0 Å². The molecule has 3 aromatic rings. The summed E-state index contributed by atoms with van der Waals surface area (Å²) in [5, 5.41) is 14.4. The molecule has 0 atom stereocenters. The summed E-state index contributed by atoms with van der Waals surface area (Å²) < 4.78 is 13.6. The molecule has 1 aromatic heterocycles. The third-order valence-corrected chi connectivity index (χ3v) is 5.48. The van der Waals surface area contributed by atoms with Crippen LogP contribution in [0.2, 0.25) is 5.02 Å². The lowest BCUT2D eigenvalue weighted by Gasteiger charge is -2.15. The SMILES string of the molecule is CCOc1cc(/C=C(\C#N)C(=O)n2nc(C)cc2C)cc(Br)c1OCc1ccccc1Cl. The molecule has 0 saturated carbocycles. The zero-order valence-corrected chi connectivity index (χ0v) is 20.2. The van der Waals surface area contributed by atoms with Crippen LogP contribution in [0, 0.1) is 25.2 Å². The van der Waals surface area contributed by atoms with Gasteiger partial charge in [0, 0.05) is 16.3 Å². The molecule has 0 bridgehead atoms. The minimum Gasteiger partial charge on any atom is -0.490 e. The maximum atomic E-state index is 12.8. The number of aromatic nitrogens is 2. The van der Waals surface area contributed by atoms with Crippen LogP contribution in [-0.2, 0) is 6.61 Å². The number of aryl methyl sites for hydroxylation is 2. The monoisotopic (exact) mass is 513 g/mol. The molecule has 6 nitrogen and oxygen atoms in total. The van der Waals surface area contributed by atoms with Crippen LogP contribution in [0.25, 0.3) is 6.08 Å². The van der Waals surface area contributed by atoms with E-state index in [4.69, 9.17) is 21.1 Å². The lowest BCUT2D eigenvalue weighted by Crippen LogP contribution is -2.15. The van der Waals surface area contributed by atoms with Crippen molar-refractivity contribution >= 4 is 39.5 Å². The van der Waals surface area contributed by atoms with E-state index in [1.807, 2.05) is 31.2 Å². The van der Waals surface area contributed by atoms with Gasteiger partial charge in [-0.2, -0.15) is 10.4 Å². The van der Waals surface area contributed by atoms with Gasteiger partial charge in [-0.3, -0.25) is 4.79 Å². The summed E-state index contributed by atoms with van der Waals surface area (Å²) >= 11 is 9.74. The number of rotatable bonds is 7. The van der Waals surface area contributed by atoms with Crippen LogP contribution in [0.5, 0.6) is 11.5 Å². The molecule has 0 aliphatic rings. The topological polar surface area (TPSA) is 77.1 Å². The highest BCUT2D eigenvalue weighted by Gasteiger charge is 2.18. The van der Waals surface area contributed by atoms with Crippen LogP contribution >= 0.6 is 27.5 Å². The second-order valence-corrected chi connectivity index (χ2v) is 8.22. The fourth-order valence-electron chi connectivity index (χ4n) is 3.10. The molecule has 0 unspecified atom stereocenters. The Kier molecular flexibility index (Phi) is 7.73. The summed E-state index contributed by atoms with van der Waals surface area (Å²) in [7, 11) is 0. The van der Waals surface area contributed by atoms with E-state index >= 15 is 0 Å². The highest BCUT2D eigenvalue weighted by Crippen LogP contribution is 2.38. The molecule has 0 radical (unpaired) electrons. The van der Waals surface area contributed by atoms with Crippen LogP contribution < -0.4 is 9.47 Å². The number of halogens is 2. The maximum Gasteiger partial charge on any atom is 0.289 e. The zero-order chi connectivity index (χ0) is 23.3. The number of benzene rings is 2. The number of ether oxygens (including phenoxy) is 2. The molecule has 0 aliphatic carbocycles. The van der Waals surface area contributed by atoms with Crippen LogP contribution in [-0.4, -0.2) is 22.3 Å². The number of nitrogens with zero attached hydrogens (tertiary/aromatic N) is 3. The molecular weight excluding hydrogens is 494 g/mol. The number of allylic oxidation sites excluding steroid dienone is 1. The van der Waals surface area contributed by atoms with Gasteiger partial charge in [-0.25, -0.2) is 4.68 Å². The van der Waals surface area contributed by atoms with Gasteiger partial charge in [0.1, 0.15) is 18.2 Å². The van der Waals surface area contributed by atoms with Crippen molar-refractivity contribution in [2.45, 2.75) is 27.4 Å². The molecule has 164 valence electrons. The molecular formula is C24H21BrClN3O3. The molecule has 3 rings (SSSR count). The van der Waals surface area contributed by atoms with Gasteiger partial charge in [-0.05, 0) is 72.6 Å². The second kappa shape index (κ2) is 10.5. The standard InChI is InChI=1S/C24H21BrClN3O3/c1-4-31-22-12-17(10-19(13-27)24(30)29-16(3)9-15(2)28-29)11-20(25)23(22)32-14-18-7-5-6-8-21(18)26/h5-12H,4,14H2,1-3H3/b19-10+. The average Bonchev–Trinajstić information content (AvgIpc) is 3.10. The lowest BCUT2D eigenvalue weighted by atomic mass is 10.1. The third-order valence-electron chi connectivity index (χ3n) is 4.53. The van der Waals surface area contributed by atoms with Crippen molar-refractivity contribution in [1.29, 1.82) is 5.26 Å².